The van der Waals surface area contributed by atoms with Crippen LogP contribution < -0.4 is 16.0 Å². The third-order valence-corrected chi connectivity index (χ3v) is 3.20. The van der Waals surface area contributed by atoms with Crippen LogP contribution in [0.5, 0.6) is 0 Å². The van der Waals surface area contributed by atoms with Crippen molar-refractivity contribution in [1.82, 2.24) is 5.32 Å². The number of amides is 1. The Morgan fingerprint density at radius 3 is 2.89 bits per heavy atom. The van der Waals surface area contributed by atoms with Crippen LogP contribution in [-0.2, 0) is 4.79 Å². The van der Waals surface area contributed by atoms with E-state index in [1.54, 1.807) is 0 Å². The van der Waals surface area contributed by atoms with Crippen molar-refractivity contribution >= 4 is 17.3 Å². The molecule has 1 saturated heterocycles. The molecule has 1 aromatic carbocycles. The SMILES string of the molecule is CC(=O)Nc1ccc(NC2CCCNC2)cc1C. The van der Waals surface area contributed by atoms with Gasteiger partial charge in [0.25, 0.3) is 0 Å². The summed E-state index contributed by atoms with van der Waals surface area (Å²) in [6.45, 7) is 5.68. The fraction of sp³-hybridized carbons (Fsp3) is 0.500. The molecule has 18 heavy (non-hydrogen) atoms. The molecule has 4 nitrogen and oxygen atoms in total. The summed E-state index contributed by atoms with van der Waals surface area (Å²) in [5.41, 5.74) is 3.09. The zero-order valence-electron chi connectivity index (χ0n) is 11.0. The standard InChI is InChI=1S/C14H21N3O/c1-10-8-12(5-6-14(10)16-11(2)18)17-13-4-3-7-15-9-13/h5-6,8,13,15,17H,3-4,7,9H2,1-2H3,(H,16,18). The van der Waals surface area contributed by atoms with Gasteiger partial charge < -0.3 is 16.0 Å². The second-order valence-corrected chi connectivity index (χ2v) is 4.90. The molecular formula is C14H21N3O. The number of benzene rings is 1. The first-order valence-electron chi connectivity index (χ1n) is 6.50. The van der Waals surface area contributed by atoms with E-state index in [0.29, 0.717) is 6.04 Å². The monoisotopic (exact) mass is 247 g/mol. The maximum absolute atomic E-state index is 11.0. The van der Waals surface area contributed by atoms with Crippen molar-refractivity contribution in [3.63, 3.8) is 0 Å². The molecule has 1 unspecified atom stereocenters. The minimum absolute atomic E-state index is 0.0321. The van der Waals surface area contributed by atoms with Gasteiger partial charge in [-0.25, -0.2) is 0 Å². The lowest BCUT2D eigenvalue weighted by atomic mass is 10.1. The number of hydrogen-bond acceptors (Lipinski definition) is 3. The van der Waals surface area contributed by atoms with Crippen molar-refractivity contribution in [2.24, 2.45) is 0 Å². The van der Waals surface area contributed by atoms with Crippen molar-refractivity contribution in [1.29, 1.82) is 0 Å². The summed E-state index contributed by atoms with van der Waals surface area (Å²) in [6, 6.07) is 6.56. The highest BCUT2D eigenvalue weighted by Gasteiger charge is 2.12. The van der Waals surface area contributed by atoms with Gasteiger partial charge in [0.1, 0.15) is 0 Å². The molecule has 1 aliphatic rings. The number of rotatable bonds is 3. The molecule has 0 aliphatic carbocycles. The molecule has 1 fully saturated rings. The zero-order valence-corrected chi connectivity index (χ0v) is 11.0. The lowest BCUT2D eigenvalue weighted by molar-refractivity contribution is -0.114. The highest BCUT2D eigenvalue weighted by atomic mass is 16.1. The highest BCUT2D eigenvalue weighted by Crippen LogP contribution is 2.21. The van der Waals surface area contributed by atoms with Gasteiger partial charge in [0.15, 0.2) is 0 Å². The van der Waals surface area contributed by atoms with Gasteiger partial charge in [-0.05, 0) is 50.1 Å². The van der Waals surface area contributed by atoms with Crippen LogP contribution >= 0.6 is 0 Å². The molecule has 1 heterocycles. The molecule has 2 rings (SSSR count). The van der Waals surface area contributed by atoms with Gasteiger partial charge in [-0.1, -0.05) is 0 Å². The van der Waals surface area contributed by atoms with E-state index in [0.717, 1.165) is 30.0 Å². The number of carbonyl (C=O) groups excluding carboxylic acids is 1. The molecule has 1 aromatic rings. The van der Waals surface area contributed by atoms with Crippen LogP contribution in [0.4, 0.5) is 11.4 Å². The van der Waals surface area contributed by atoms with E-state index >= 15 is 0 Å². The van der Waals surface area contributed by atoms with Gasteiger partial charge in [-0.15, -0.1) is 0 Å². The van der Waals surface area contributed by atoms with Crippen LogP contribution in [0.1, 0.15) is 25.3 Å². The topological polar surface area (TPSA) is 53.2 Å². The average Bonchev–Trinajstić information content (AvgIpc) is 2.33. The first kappa shape index (κ1) is 12.9. The molecule has 0 bridgehead atoms. The molecule has 1 amide bonds. The summed E-state index contributed by atoms with van der Waals surface area (Å²) < 4.78 is 0. The van der Waals surface area contributed by atoms with E-state index in [-0.39, 0.29) is 5.91 Å². The molecule has 0 saturated carbocycles. The number of nitrogens with one attached hydrogen (secondary N) is 3. The number of hydrogen-bond donors (Lipinski definition) is 3. The fourth-order valence-electron chi connectivity index (χ4n) is 2.29. The van der Waals surface area contributed by atoms with Gasteiger partial charge >= 0.3 is 0 Å². The van der Waals surface area contributed by atoms with E-state index in [1.807, 2.05) is 19.1 Å². The predicted octanol–water partition coefficient (Wildman–Crippen LogP) is 2.12. The highest BCUT2D eigenvalue weighted by molar-refractivity contribution is 5.89. The normalized spacial score (nSPS) is 19.3. The van der Waals surface area contributed by atoms with Crippen LogP contribution in [0.15, 0.2) is 18.2 Å². The Morgan fingerprint density at radius 1 is 1.44 bits per heavy atom. The van der Waals surface area contributed by atoms with Crippen LogP contribution in [0, 0.1) is 6.92 Å². The second-order valence-electron chi connectivity index (χ2n) is 4.90. The molecule has 98 valence electrons. The third-order valence-electron chi connectivity index (χ3n) is 3.20. The number of carbonyl (C=O) groups is 1. The van der Waals surface area contributed by atoms with Gasteiger partial charge in [0.05, 0.1) is 0 Å². The first-order valence-corrected chi connectivity index (χ1v) is 6.50. The van der Waals surface area contributed by atoms with Crippen LogP contribution in [-0.4, -0.2) is 25.0 Å². The summed E-state index contributed by atoms with van der Waals surface area (Å²) in [5, 5.41) is 9.74. The van der Waals surface area contributed by atoms with Gasteiger partial charge in [0, 0.05) is 30.9 Å². The molecule has 0 radical (unpaired) electrons. The summed E-state index contributed by atoms with van der Waals surface area (Å²) >= 11 is 0. The lowest BCUT2D eigenvalue weighted by Gasteiger charge is -2.25. The number of anilines is 2. The van der Waals surface area contributed by atoms with Crippen molar-refractivity contribution in [3.05, 3.63) is 23.8 Å². The first-order chi connectivity index (χ1) is 8.65. The molecule has 0 aromatic heterocycles. The van der Waals surface area contributed by atoms with E-state index in [4.69, 9.17) is 0 Å². The third kappa shape index (κ3) is 3.47. The van der Waals surface area contributed by atoms with Crippen molar-refractivity contribution < 1.29 is 4.79 Å². The van der Waals surface area contributed by atoms with Crippen LogP contribution in [0.25, 0.3) is 0 Å². The van der Waals surface area contributed by atoms with Crippen molar-refractivity contribution in [3.8, 4) is 0 Å². The Kier molecular flexibility index (Phi) is 4.20. The quantitative estimate of drug-likeness (QED) is 0.767. The predicted molar refractivity (Wildman–Crippen MR) is 75.0 cm³/mol. The molecule has 0 spiro atoms. The van der Waals surface area contributed by atoms with E-state index in [1.165, 1.54) is 19.8 Å². The Labute approximate surface area is 108 Å². The molecular weight excluding hydrogens is 226 g/mol. The van der Waals surface area contributed by atoms with Crippen LogP contribution in [0.2, 0.25) is 0 Å². The Balaban J connectivity index is 2.01. The minimum atomic E-state index is -0.0321. The minimum Gasteiger partial charge on any atom is -0.381 e. The Morgan fingerprint density at radius 2 is 2.28 bits per heavy atom. The maximum atomic E-state index is 11.0. The van der Waals surface area contributed by atoms with Crippen LogP contribution in [0.3, 0.4) is 0 Å². The van der Waals surface area contributed by atoms with Gasteiger partial charge in [-0.3, -0.25) is 4.79 Å². The van der Waals surface area contributed by atoms with E-state index in [9.17, 15) is 4.79 Å². The molecule has 3 N–H and O–H groups in total. The Bertz CT molecular complexity index is 425. The fourth-order valence-corrected chi connectivity index (χ4v) is 2.29. The number of aryl methyl sites for hydroxylation is 1. The number of piperidine rings is 1. The molecule has 1 aliphatic heterocycles. The van der Waals surface area contributed by atoms with Crippen molar-refractivity contribution in [2.45, 2.75) is 32.7 Å². The average molecular weight is 247 g/mol. The molecule has 4 heteroatoms. The van der Waals surface area contributed by atoms with Gasteiger partial charge in [-0.2, -0.15) is 0 Å². The summed E-state index contributed by atoms with van der Waals surface area (Å²) in [6.07, 6.45) is 2.43. The van der Waals surface area contributed by atoms with Crippen molar-refractivity contribution in [2.75, 3.05) is 23.7 Å². The van der Waals surface area contributed by atoms with Gasteiger partial charge in [0.2, 0.25) is 5.91 Å². The maximum Gasteiger partial charge on any atom is 0.221 e. The summed E-state index contributed by atoms with van der Waals surface area (Å²) in [7, 11) is 0. The Hall–Kier alpha value is -1.55. The lowest BCUT2D eigenvalue weighted by Crippen LogP contribution is -2.38. The van der Waals surface area contributed by atoms with E-state index < -0.39 is 0 Å². The molecule has 1 atom stereocenters. The largest absolute Gasteiger partial charge is 0.381 e. The zero-order chi connectivity index (χ0) is 13.0. The summed E-state index contributed by atoms with van der Waals surface area (Å²) in [4.78, 5) is 11.0. The second kappa shape index (κ2) is 5.87. The summed E-state index contributed by atoms with van der Waals surface area (Å²) in [5.74, 6) is -0.0321. The van der Waals surface area contributed by atoms with E-state index in [2.05, 4.69) is 22.0 Å². The smallest absolute Gasteiger partial charge is 0.221 e.